The number of hydrogen-bond donors (Lipinski definition) is 2. The molecule has 0 aromatic heterocycles. The predicted molar refractivity (Wildman–Crippen MR) is 77.8 cm³/mol. The molecule has 0 radical (unpaired) electrons. The third-order valence-corrected chi connectivity index (χ3v) is 4.07. The maximum absolute atomic E-state index is 11.8. The molecule has 1 rings (SSSR count). The van der Waals surface area contributed by atoms with E-state index in [9.17, 15) is 9.59 Å². The van der Waals surface area contributed by atoms with Gasteiger partial charge in [-0.1, -0.05) is 11.8 Å². The minimum absolute atomic E-state index is 0.0764. The second-order valence-corrected chi connectivity index (χ2v) is 6.17. The van der Waals surface area contributed by atoms with Gasteiger partial charge in [0, 0.05) is 64.4 Å². The lowest BCUT2D eigenvalue weighted by atomic mass is 10.4. The molecule has 1 aliphatic rings. The highest BCUT2D eigenvalue weighted by molar-refractivity contribution is 8.14. The zero-order chi connectivity index (χ0) is 14.3. The Bertz CT molecular complexity index is 308. The second-order valence-electron chi connectivity index (χ2n) is 4.69. The maximum Gasteiger partial charge on any atom is 0.223 e. The van der Waals surface area contributed by atoms with Crippen molar-refractivity contribution >= 4 is 22.8 Å². The molecule has 1 aliphatic heterocycles. The standard InChI is InChI=1S/C12H24N4O2S/c1-10(17)19-11-8-12(18)16(9-11)7-6-15(4-2-13)5-3-14/h11H,2-9,13-14H2,1H3. The van der Waals surface area contributed by atoms with Gasteiger partial charge in [-0.3, -0.25) is 14.5 Å². The van der Waals surface area contributed by atoms with Crippen molar-refractivity contribution in [3.05, 3.63) is 0 Å². The fourth-order valence-corrected chi connectivity index (χ4v) is 3.18. The van der Waals surface area contributed by atoms with Gasteiger partial charge in [0.15, 0.2) is 5.12 Å². The lowest BCUT2D eigenvalue weighted by Gasteiger charge is -2.24. The molecule has 4 N–H and O–H groups in total. The molecule has 110 valence electrons. The van der Waals surface area contributed by atoms with Crippen molar-refractivity contribution in [2.75, 3.05) is 45.8 Å². The van der Waals surface area contributed by atoms with E-state index < -0.39 is 0 Å². The van der Waals surface area contributed by atoms with Crippen LogP contribution in [-0.4, -0.2) is 71.9 Å². The Morgan fingerprint density at radius 1 is 1.37 bits per heavy atom. The first kappa shape index (κ1) is 16.4. The van der Waals surface area contributed by atoms with Gasteiger partial charge in [0.2, 0.25) is 5.91 Å². The summed E-state index contributed by atoms with van der Waals surface area (Å²) in [4.78, 5) is 26.9. The Hall–Kier alpha value is -0.630. The van der Waals surface area contributed by atoms with Gasteiger partial charge in [-0.05, 0) is 0 Å². The summed E-state index contributed by atoms with van der Waals surface area (Å²) in [6.45, 7) is 6.47. The highest BCUT2D eigenvalue weighted by Crippen LogP contribution is 2.23. The van der Waals surface area contributed by atoms with Gasteiger partial charge in [-0.2, -0.15) is 0 Å². The number of likely N-dealkylation sites (tertiary alicyclic amines) is 1. The summed E-state index contributed by atoms with van der Waals surface area (Å²) in [7, 11) is 0. The van der Waals surface area contributed by atoms with Crippen molar-refractivity contribution < 1.29 is 9.59 Å². The summed E-state index contributed by atoms with van der Waals surface area (Å²) in [5.74, 6) is 0.138. The minimum Gasteiger partial charge on any atom is -0.340 e. The van der Waals surface area contributed by atoms with Crippen molar-refractivity contribution in [2.24, 2.45) is 11.5 Å². The fraction of sp³-hybridized carbons (Fsp3) is 0.833. The van der Waals surface area contributed by atoms with Crippen molar-refractivity contribution in [2.45, 2.75) is 18.6 Å². The molecule has 1 unspecified atom stereocenters. The van der Waals surface area contributed by atoms with Gasteiger partial charge < -0.3 is 16.4 Å². The van der Waals surface area contributed by atoms with Crippen molar-refractivity contribution in [3.8, 4) is 0 Å². The molecule has 0 aliphatic carbocycles. The summed E-state index contributed by atoms with van der Waals surface area (Å²) in [6, 6.07) is 0. The molecule has 7 heteroatoms. The first-order valence-corrected chi connectivity index (χ1v) is 7.52. The summed E-state index contributed by atoms with van der Waals surface area (Å²) < 4.78 is 0. The number of thioether (sulfide) groups is 1. The van der Waals surface area contributed by atoms with E-state index in [2.05, 4.69) is 4.90 Å². The first-order chi connectivity index (χ1) is 9.06. The van der Waals surface area contributed by atoms with Gasteiger partial charge in [-0.15, -0.1) is 0 Å². The van der Waals surface area contributed by atoms with E-state index in [0.29, 0.717) is 32.6 Å². The van der Waals surface area contributed by atoms with Crippen LogP contribution >= 0.6 is 11.8 Å². The van der Waals surface area contributed by atoms with Crippen LogP contribution in [0.2, 0.25) is 0 Å². The molecule has 0 aromatic rings. The molecule has 1 fully saturated rings. The molecule has 0 saturated carbocycles. The van der Waals surface area contributed by atoms with Crippen LogP contribution in [0.25, 0.3) is 0 Å². The lowest BCUT2D eigenvalue weighted by molar-refractivity contribution is -0.127. The van der Waals surface area contributed by atoms with Gasteiger partial charge in [0.25, 0.3) is 0 Å². The molecule has 19 heavy (non-hydrogen) atoms. The van der Waals surface area contributed by atoms with E-state index in [1.165, 1.54) is 11.8 Å². The number of rotatable bonds is 8. The average molecular weight is 288 g/mol. The molecule has 0 bridgehead atoms. The molecule has 1 heterocycles. The molecule has 0 spiro atoms. The van der Waals surface area contributed by atoms with Gasteiger partial charge >= 0.3 is 0 Å². The molecule has 6 nitrogen and oxygen atoms in total. The largest absolute Gasteiger partial charge is 0.340 e. The van der Waals surface area contributed by atoms with E-state index in [4.69, 9.17) is 11.5 Å². The molecule has 1 saturated heterocycles. The molecule has 1 amide bonds. The average Bonchev–Trinajstić information content (AvgIpc) is 2.66. The molecular weight excluding hydrogens is 264 g/mol. The maximum atomic E-state index is 11.8. The fourth-order valence-electron chi connectivity index (χ4n) is 2.23. The highest BCUT2D eigenvalue weighted by atomic mass is 32.2. The van der Waals surface area contributed by atoms with Gasteiger partial charge in [-0.25, -0.2) is 0 Å². The van der Waals surface area contributed by atoms with Crippen LogP contribution in [0.3, 0.4) is 0 Å². The van der Waals surface area contributed by atoms with Crippen LogP contribution in [0.15, 0.2) is 0 Å². The zero-order valence-electron chi connectivity index (χ0n) is 11.5. The van der Waals surface area contributed by atoms with Crippen LogP contribution in [-0.2, 0) is 9.59 Å². The van der Waals surface area contributed by atoms with Crippen molar-refractivity contribution in [1.82, 2.24) is 9.80 Å². The normalized spacial score (nSPS) is 19.5. The number of carbonyl (C=O) groups excluding carboxylic acids is 2. The Balaban J connectivity index is 2.35. The van der Waals surface area contributed by atoms with E-state index in [1.807, 2.05) is 4.90 Å². The Labute approximate surface area is 118 Å². The van der Waals surface area contributed by atoms with Crippen LogP contribution in [0.5, 0.6) is 0 Å². The van der Waals surface area contributed by atoms with Crippen molar-refractivity contribution in [3.63, 3.8) is 0 Å². The minimum atomic E-state index is 0.0764. The first-order valence-electron chi connectivity index (χ1n) is 6.64. The summed E-state index contributed by atoms with van der Waals surface area (Å²) >= 11 is 1.27. The quantitative estimate of drug-likeness (QED) is 0.600. The summed E-state index contributed by atoms with van der Waals surface area (Å²) in [5.41, 5.74) is 11.1. The van der Waals surface area contributed by atoms with E-state index in [1.54, 1.807) is 6.92 Å². The van der Waals surface area contributed by atoms with Gasteiger partial charge in [0.1, 0.15) is 0 Å². The SMILES string of the molecule is CC(=O)SC1CC(=O)N(CCN(CCN)CCN)C1. The number of carbonyl (C=O) groups is 2. The lowest BCUT2D eigenvalue weighted by Crippen LogP contribution is -2.40. The molecular formula is C12H24N4O2S. The summed E-state index contributed by atoms with van der Waals surface area (Å²) in [5, 5.41) is 0.190. The molecule has 0 aromatic carbocycles. The second kappa shape index (κ2) is 8.52. The van der Waals surface area contributed by atoms with E-state index >= 15 is 0 Å². The highest BCUT2D eigenvalue weighted by Gasteiger charge is 2.30. The van der Waals surface area contributed by atoms with E-state index in [0.717, 1.165) is 19.6 Å². The van der Waals surface area contributed by atoms with Crippen LogP contribution in [0.1, 0.15) is 13.3 Å². The smallest absolute Gasteiger partial charge is 0.223 e. The van der Waals surface area contributed by atoms with Crippen molar-refractivity contribution in [1.29, 1.82) is 0 Å². The Kier molecular flexibility index (Phi) is 7.37. The number of nitrogens with zero attached hydrogens (tertiary/aromatic N) is 2. The third kappa shape index (κ3) is 5.90. The van der Waals surface area contributed by atoms with E-state index in [-0.39, 0.29) is 16.3 Å². The van der Waals surface area contributed by atoms with Crippen LogP contribution in [0, 0.1) is 0 Å². The predicted octanol–water partition coefficient (Wildman–Crippen LogP) is -0.914. The monoisotopic (exact) mass is 288 g/mol. The number of amides is 1. The zero-order valence-corrected chi connectivity index (χ0v) is 12.3. The number of hydrogen-bond acceptors (Lipinski definition) is 6. The Morgan fingerprint density at radius 3 is 2.53 bits per heavy atom. The number of nitrogens with two attached hydrogens (primary N) is 2. The third-order valence-electron chi connectivity index (χ3n) is 3.09. The van der Waals surface area contributed by atoms with Gasteiger partial charge in [0.05, 0.1) is 0 Å². The van der Waals surface area contributed by atoms with Crippen LogP contribution < -0.4 is 11.5 Å². The molecule has 1 atom stereocenters. The topological polar surface area (TPSA) is 92.7 Å². The summed E-state index contributed by atoms with van der Waals surface area (Å²) in [6.07, 6.45) is 0.470. The Morgan fingerprint density at radius 2 is 2.00 bits per heavy atom. The van der Waals surface area contributed by atoms with Crippen LogP contribution in [0.4, 0.5) is 0 Å².